The van der Waals surface area contributed by atoms with Crippen molar-refractivity contribution in [2.75, 3.05) is 4.90 Å². The highest BCUT2D eigenvalue weighted by atomic mass is 16.2. The predicted octanol–water partition coefficient (Wildman–Crippen LogP) is 2.02. The van der Waals surface area contributed by atoms with E-state index in [1.165, 1.54) is 0 Å². The maximum atomic E-state index is 12.4. The number of fused-ring (bicyclic) bond motifs is 1. The van der Waals surface area contributed by atoms with Gasteiger partial charge in [-0.3, -0.25) is 9.59 Å². The molecule has 1 aromatic carbocycles. The van der Waals surface area contributed by atoms with Crippen LogP contribution in [0, 0.1) is 0 Å². The molecule has 106 valence electrons. The van der Waals surface area contributed by atoms with E-state index in [0.717, 1.165) is 43.4 Å². The fourth-order valence-corrected chi connectivity index (χ4v) is 3.30. The number of hydrogen-bond acceptors (Lipinski definition) is 2. The molecule has 0 saturated heterocycles. The van der Waals surface area contributed by atoms with E-state index >= 15 is 0 Å². The monoisotopic (exact) mass is 272 g/mol. The van der Waals surface area contributed by atoms with Crippen molar-refractivity contribution in [3.8, 4) is 0 Å². The van der Waals surface area contributed by atoms with Gasteiger partial charge in [0, 0.05) is 17.8 Å². The van der Waals surface area contributed by atoms with Crippen molar-refractivity contribution in [3.05, 3.63) is 29.8 Å². The molecule has 1 aliphatic heterocycles. The molecular formula is C16H20N2O2. The first kappa shape index (κ1) is 13.2. The molecule has 1 aliphatic carbocycles. The Hall–Kier alpha value is -1.84. The predicted molar refractivity (Wildman–Crippen MR) is 77.5 cm³/mol. The van der Waals surface area contributed by atoms with Crippen LogP contribution < -0.4 is 10.2 Å². The molecule has 0 spiro atoms. The van der Waals surface area contributed by atoms with Crippen LogP contribution >= 0.6 is 0 Å². The van der Waals surface area contributed by atoms with Crippen LogP contribution in [0.2, 0.25) is 0 Å². The van der Waals surface area contributed by atoms with Gasteiger partial charge in [-0.05, 0) is 37.8 Å². The number of rotatable bonds is 1. The molecule has 1 N–H and O–H groups in total. The molecule has 4 heteroatoms. The Kier molecular flexibility index (Phi) is 3.47. The van der Waals surface area contributed by atoms with E-state index in [-0.39, 0.29) is 12.1 Å². The molecule has 0 aromatic heterocycles. The van der Waals surface area contributed by atoms with Crippen molar-refractivity contribution in [2.24, 2.45) is 0 Å². The van der Waals surface area contributed by atoms with Crippen molar-refractivity contribution in [1.82, 2.24) is 5.32 Å². The van der Waals surface area contributed by atoms with Gasteiger partial charge < -0.3 is 10.2 Å². The van der Waals surface area contributed by atoms with Gasteiger partial charge in [0.1, 0.15) is 0 Å². The van der Waals surface area contributed by atoms with Crippen LogP contribution in [0.1, 0.15) is 38.2 Å². The van der Waals surface area contributed by atoms with Gasteiger partial charge in [-0.25, -0.2) is 0 Å². The largest absolute Gasteiger partial charge is 0.345 e. The first-order valence-electron chi connectivity index (χ1n) is 7.39. The Morgan fingerprint density at radius 3 is 2.65 bits per heavy atom. The SMILES string of the molecule is CC1Cc2ccccc2N1C(=O)C(=O)NC1CCCC1. The average molecular weight is 272 g/mol. The highest BCUT2D eigenvalue weighted by Crippen LogP contribution is 2.31. The number of para-hydroxylation sites is 1. The van der Waals surface area contributed by atoms with Crippen molar-refractivity contribution in [1.29, 1.82) is 0 Å². The highest BCUT2D eigenvalue weighted by molar-refractivity contribution is 6.40. The lowest BCUT2D eigenvalue weighted by molar-refractivity contribution is -0.138. The number of hydrogen-bond donors (Lipinski definition) is 1. The molecule has 3 rings (SSSR count). The second-order valence-electron chi connectivity index (χ2n) is 5.81. The van der Waals surface area contributed by atoms with Crippen LogP contribution in [-0.2, 0) is 16.0 Å². The third-order valence-electron chi connectivity index (χ3n) is 4.31. The number of nitrogens with one attached hydrogen (secondary N) is 1. The Bertz CT molecular complexity index is 535. The summed E-state index contributed by atoms with van der Waals surface area (Å²) in [6.07, 6.45) is 5.08. The topological polar surface area (TPSA) is 49.4 Å². The van der Waals surface area contributed by atoms with Crippen LogP contribution in [0.3, 0.4) is 0 Å². The number of carbonyl (C=O) groups is 2. The number of anilines is 1. The maximum Gasteiger partial charge on any atom is 0.316 e. The Morgan fingerprint density at radius 2 is 1.90 bits per heavy atom. The van der Waals surface area contributed by atoms with Gasteiger partial charge in [0.15, 0.2) is 0 Å². The Morgan fingerprint density at radius 1 is 1.20 bits per heavy atom. The van der Waals surface area contributed by atoms with E-state index in [9.17, 15) is 9.59 Å². The van der Waals surface area contributed by atoms with E-state index in [2.05, 4.69) is 5.32 Å². The minimum atomic E-state index is -0.458. The van der Waals surface area contributed by atoms with Gasteiger partial charge in [0.05, 0.1) is 0 Å². The lowest BCUT2D eigenvalue weighted by atomic mass is 10.1. The fourth-order valence-electron chi connectivity index (χ4n) is 3.30. The lowest BCUT2D eigenvalue weighted by Gasteiger charge is -2.23. The lowest BCUT2D eigenvalue weighted by Crippen LogP contribution is -2.48. The fraction of sp³-hybridized carbons (Fsp3) is 0.500. The zero-order valence-electron chi connectivity index (χ0n) is 11.8. The molecule has 1 aromatic rings. The molecule has 1 fully saturated rings. The Balaban J connectivity index is 1.74. The smallest absolute Gasteiger partial charge is 0.316 e. The minimum Gasteiger partial charge on any atom is -0.345 e. The van der Waals surface area contributed by atoms with Crippen molar-refractivity contribution in [2.45, 2.75) is 51.1 Å². The van der Waals surface area contributed by atoms with Crippen LogP contribution in [0.25, 0.3) is 0 Å². The molecule has 20 heavy (non-hydrogen) atoms. The number of benzene rings is 1. The second kappa shape index (κ2) is 5.27. The number of carbonyl (C=O) groups excluding carboxylic acids is 2. The summed E-state index contributed by atoms with van der Waals surface area (Å²) < 4.78 is 0. The molecule has 0 radical (unpaired) electrons. The molecule has 2 aliphatic rings. The summed E-state index contributed by atoms with van der Waals surface area (Å²) in [4.78, 5) is 26.2. The molecule has 1 heterocycles. The maximum absolute atomic E-state index is 12.4. The molecule has 1 unspecified atom stereocenters. The molecule has 1 saturated carbocycles. The van der Waals surface area contributed by atoms with E-state index in [0.29, 0.717) is 0 Å². The van der Waals surface area contributed by atoms with Crippen molar-refractivity contribution in [3.63, 3.8) is 0 Å². The summed E-state index contributed by atoms with van der Waals surface area (Å²) in [5.41, 5.74) is 2.02. The van der Waals surface area contributed by atoms with Crippen LogP contribution in [0.5, 0.6) is 0 Å². The van der Waals surface area contributed by atoms with Gasteiger partial charge in [0.2, 0.25) is 0 Å². The number of amides is 2. The third kappa shape index (κ3) is 2.30. The summed E-state index contributed by atoms with van der Waals surface area (Å²) in [6.45, 7) is 1.99. The highest BCUT2D eigenvalue weighted by Gasteiger charge is 2.34. The van der Waals surface area contributed by atoms with Crippen LogP contribution in [-0.4, -0.2) is 23.9 Å². The van der Waals surface area contributed by atoms with E-state index in [1.807, 2.05) is 31.2 Å². The van der Waals surface area contributed by atoms with Gasteiger partial charge in [-0.1, -0.05) is 31.0 Å². The van der Waals surface area contributed by atoms with E-state index in [4.69, 9.17) is 0 Å². The van der Waals surface area contributed by atoms with E-state index < -0.39 is 11.8 Å². The summed E-state index contributed by atoms with van der Waals surface area (Å²) in [5.74, 6) is -0.880. The third-order valence-corrected chi connectivity index (χ3v) is 4.31. The second-order valence-corrected chi connectivity index (χ2v) is 5.81. The first-order valence-corrected chi connectivity index (χ1v) is 7.39. The van der Waals surface area contributed by atoms with E-state index in [1.54, 1.807) is 4.90 Å². The van der Waals surface area contributed by atoms with Gasteiger partial charge >= 0.3 is 11.8 Å². The van der Waals surface area contributed by atoms with Gasteiger partial charge in [-0.2, -0.15) is 0 Å². The summed E-state index contributed by atoms with van der Waals surface area (Å²) in [7, 11) is 0. The number of nitrogens with zero attached hydrogens (tertiary/aromatic N) is 1. The van der Waals surface area contributed by atoms with Crippen molar-refractivity contribution < 1.29 is 9.59 Å². The first-order chi connectivity index (χ1) is 9.66. The summed E-state index contributed by atoms with van der Waals surface area (Å²) in [5, 5.41) is 2.88. The van der Waals surface area contributed by atoms with Gasteiger partial charge in [-0.15, -0.1) is 0 Å². The molecule has 1 atom stereocenters. The summed E-state index contributed by atoms with van der Waals surface area (Å²) >= 11 is 0. The van der Waals surface area contributed by atoms with Gasteiger partial charge in [0.25, 0.3) is 0 Å². The average Bonchev–Trinajstić information content (AvgIpc) is 3.04. The normalized spacial score (nSPS) is 21.9. The molecule has 2 amide bonds. The van der Waals surface area contributed by atoms with Crippen molar-refractivity contribution >= 4 is 17.5 Å². The quantitative estimate of drug-likeness (QED) is 0.795. The zero-order valence-corrected chi connectivity index (χ0v) is 11.8. The minimum absolute atomic E-state index is 0.0502. The summed E-state index contributed by atoms with van der Waals surface area (Å²) in [6, 6.07) is 8.05. The van der Waals surface area contributed by atoms with Crippen LogP contribution in [0.15, 0.2) is 24.3 Å². The van der Waals surface area contributed by atoms with Crippen LogP contribution in [0.4, 0.5) is 5.69 Å². The standard InChI is InChI=1S/C16H20N2O2/c1-11-10-12-6-2-5-9-14(12)18(11)16(20)15(19)17-13-7-3-4-8-13/h2,5-6,9,11,13H,3-4,7-8,10H2,1H3,(H,17,19). The zero-order chi connectivity index (χ0) is 14.1. The molecular weight excluding hydrogens is 252 g/mol. The molecule has 0 bridgehead atoms. The Labute approximate surface area is 119 Å². The molecule has 4 nitrogen and oxygen atoms in total.